The summed E-state index contributed by atoms with van der Waals surface area (Å²) in [5, 5.41) is 29.8. The molecule has 0 unspecified atom stereocenters. The molecule has 0 spiro atoms. The van der Waals surface area contributed by atoms with Crippen LogP contribution in [0.3, 0.4) is 0 Å². The molecule has 0 aromatic heterocycles. The number of carboxylic acid groups (broad SMARTS) is 1. The van der Waals surface area contributed by atoms with Crippen LogP contribution in [0.15, 0.2) is 59.7 Å². The van der Waals surface area contributed by atoms with Crippen molar-refractivity contribution in [3.8, 4) is 0 Å². The van der Waals surface area contributed by atoms with Crippen LogP contribution in [0.25, 0.3) is 0 Å². The Kier molecular flexibility index (Phi) is 5.99. The Balaban J connectivity index is 1.80. The predicted octanol–water partition coefficient (Wildman–Crippen LogP) is -0.198. The molecule has 9 heteroatoms. The van der Waals surface area contributed by atoms with Crippen LogP contribution in [0.2, 0.25) is 0 Å². The van der Waals surface area contributed by atoms with Gasteiger partial charge in [0.25, 0.3) is 5.69 Å². The fourth-order valence-electron chi connectivity index (χ4n) is 3.32. The lowest BCUT2D eigenvalue weighted by Crippen LogP contribution is -3.00. The molecule has 150 valence electrons. The first kappa shape index (κ1) is 20.2. The molecule has 2 aromatic carbocycles. The van der Waals surface area contributed by atoms with Crippen LogP contribution in [0.5, 0.6) is 0 Å². The molecule has 1 aliphatic heterocycles. The highest BCUT2D eigenvalue weighted by molar-refractivity contribution is 6.03. The molecule has 0 saturated heterocycles. The minimum absolute atomic E-state index is 0.0799. The molecule has 2 N–H and O–H groups in total. The van der Waals surface area contributed by atoms with Crippen LogP contribution >= 0.6 is 0 Å². The van der Waals surface area contributed by atoms with Gasteiger partial charge in [-0.25, -0.2) is 0 Å². The first-order valence-corrected chi connectivity index (χ1v) is 9.07. The van der Waals surface area contributed by atoms with Gasteiger partial charge in [0.2, 0.25) is 5.91 Å². The first-order chi connectivity index (χ1) is 13.8. The van der Waals surface area contributed by atoms with Crippen molar-refractivity contribution in [2.75, 3.05) is 0 Å². The Hall–Kier alpha value is -3.59. The summed E-state index contributed by atoms with van der Waals surface area (Å²) in [7, 11) is 0. The van der Waals surface area contributed by atoms with Crippen LogP contribution in [0.1, 0.15) is 24.5 Å². The van der Waals surface area contributed by atoms with Crippen molar-refractivity contribution in [2.24, 2.45) is 5.10 Å². The Morgan fingerprint density at radius 1 is 1.24 bits per heavy atom. The quantitative estimate of drug-likeness (QED) is 0.511. The highest BCUT2D eigenvalue weighted by atomic mass is 16.6. The number of carboxylic acids is 1. The number of hydrogen-bond donors (Lipinski definition) is 1. The fourth-order valence-corrected chi connectivity index (χ4v) is 3.32. The average molecular weight is 396 g/mol. The summed E-state index contributed by atoms with van der Waals surface area (Å²) in [6.07, 6.45) is -0.0787. The van der Waals surface area contributed by atoms with Gasteiger partial charge in [-0.05, 0) is 5.56 Å². The number of amides is 1. The van der Waals surface area contributed by atoms with E-state index in [-0.39, 0.29) is 24.4 Å². The molecule has 1 aliphatic rings. The van der Waals surface area contributed by atoms with Gasteiger partial charge in [-0.1, -0.05) is 42.5 Å². The SMILES string of the molecule is CC(=O)N1N=C(c2cccc([N+](=O)[O-])c2)C[C@@H]1[NH2+][C@H](Cc1ccccc1)C(=O)[O-]. The third-order valence-electron chi connectivity index (χ3n) is 4.71. The van der Waals surface area contributed by atoms with Gasteiger partial charge in [-0.2, -0.15) is 10.1 Å². The summed E-state index contributed by atoms with van der Waals surface area (Å²) >= 11 is 0. The van der Waals surface area contributed by atoms with E-state index in [0.29, 0.717) is 11.3 Å². The number of carbonyl (C=O) groups excluding carboxylic acids is 2. The zero-order valence-corrected chi connectivity index (χ0v) is 15.7. The first-order valence-electron chi connectivity index (χ1n) is 9.07. The van der Waals surface area contributed by atoms with Crippen molar-refractivity contribution < 1.29 is 24.9 Å². The third-order valence-corrected chi connectivity index (χ3v) is 4.71. The summed E-state index contributed by atoms with van der Waals surface area (Å²) in [5.74, 6) is -1.58. The zero-order chi connectivity index (χ0) is 21.0. The number of nitrogens with zero attached hydrogens (tertiary/aromatic N) is 3. The van der Waals surface area contributed by atoms with Gasteiger partial charge in [-0.3, -0.25) is 14.9 Å². The number of hydrazone groups is 1. The number of nitrogens with two attached hydrogens (primary N) is 1. The van der Waals surface area contributed by atoms with Crippen LogP contribution in [-0.2, 0) is 16.0 Å². The van der Waals surface area contributed by atoms with Crippen molar-refractivity contribution in [3.05, 3.63) is 75.8 Å². The number of non-ortho nitro benzene ring substituents is 1. The summed E-state index contributed by atoms with van der Waals surface area (Å²) in [4.78, 5) is 34.2. The molecule has 0 saturated carbocycles. The molecule has 0 bridgehead atoms. The van der Waals surface area contributed by atoms with Gasteiger partial charge < -0.3 is 15.2 Å². The molecule has 0 radical (unpaired) electrons. The number of benzene rings is 2. The molecular formula is C20H20N4O5. The lowest BCUT2D eigenvalue weighted by molar-refractivity contribution is -0.728. The summed E-state index contributed by atoms with van der Waals surface area (Å²) in [5.41, 5.74) is 1.77. The Bertz CT molecular complexity index is 960. The molecule has 3 rings (SSSR count). The van der Waals surface area contributed by atoms with Gasteiger partial charge in [-0.15, -0.1) is 0 Å². The maximum Gasteiger partial charge on any atom is 0.270 e. The Morgan fingerprint density at radius 3 is 2.59 bits per heavy atom. The fraction of sp³-hybridized carbons (Fsp3) is 0.250. The summed E-state index contributed by atoms with van der Waals surface area (Å²) < 4.78 is 0. The largest absolute Gasteiger partial charge is 0.544 e. The zero-order valence-electron chi connectivity index (χ0n) is 15.7. The van der Waals surface area contributed by atoms with Gasteiger partial charge >= 0.3 is 0 Å². The number of carbonyl (C=O) groups is 2. The van der Waals surface area contributed by atoms with Gasteiger partial charge in [0.05, 0.1) is 23.0 Å². The molecule has 2 aromatic rings. The highest BCUT2D eigenvalue weighted by Crippen LogP contribution is 2.20. The van der Waals surface area contributed by atoms with E-state index in [9.17, 15) is 24.8 Å². The van der Waals surface area contributed by atoms with E-state index in [1.807, 2.05) is 30.3 Å². The number of nitro groups is 1. The van der Waals surface area contributed by atoms with Gasteiger partial charge in [0.15, 0.2) is 6.17 Å². The van der Waals surface area contributed by atoms with E-state index in [4.69, 9.17) is 0 Å². The standard InChI is InChI=1S/C20H20N4O5/c1-13(25)23-19(21-18(20(26)27)10-14-6-3-2-4-7-14)12-17(22-23)15-8-5-9-16(11-15)24(28)29/h2-9,11,18-19,21H,10,12H2,1H3,(H,26,27)/t18-,19-/m1/s1. The van der Waals surface area contributed by atoms with Crippen LogP contribution in [0.4, 0.5) is 5.69 Å². The van der Waals surface area contributed by atoms with Crippen LogP contribution < -0.4 is 10.4 Å². The van der Waals surface area contributed by atoms with E-state index < -0.39 is 23.1 Å². The Labute approximate surface area is 166 Å². The van der Waals surface area contributed by atoms with E-state index >= 15 is 0 Å². The highest BCUT2D eigenvalue weighted by Gasteiger charge is 2.35. The Morgan fingerprint density at radius 2 is 1.97 bits per heavy atom. The van der Waals surface area contributed by atoms with Crippen molar-refractivity contribution in [1.29, 1.82) is 0 Å². The third kappa shape index (κ3) is 4.82. The normalized spacial score (nSPS) is 16.9. The van der Waals surface area contributed by atoms with Crippen molar-refractivity contribution in [2.45, 2.75) is 32.0 Å². The molecule has 9 nitrogen and oxygen atoms in total. The summed E-state index contributed by atoms with van der Waals surface area (Å²) in [6, 6.07) is 14.2. The van der Waals surface area contributed by atoms with Gasteiger partial charge in [0.1, 0.15) is 6.04 Å². The number of nitro benzene ring substituents is 1. The minimum Gasteiger partial charge on any atom is -0.544 e. The lowest BCUT2D eigenvalue weighted by Gasteiger charge is -2.24. The second-order valence-electron chi connectivity index (χ2n) is 6.80. The minimum atomic E-state index is -1.24. The van der Waals surface area contributed by atoms with E-state index in [2.05, 4.69) is 5.10 Å². The van der Waals surface area contributed by atoms with E-state index in [1.54, 1.807) is 17.4 Å². The average Bonchev–Trinajstić information content (AvgIpc) is 3.12. The van der Waals surface area contributed by atoms with Gasteiger partial charge in [0, 0.05) is 31.0 Å². The molecule has 0 fully saturated rings. The lowest BCUT2D eigenvalue weighted by atomic mass is 10.0. The molecular weight excluding hydrogens is 376 g/mol. The van der Waals surface area contributed by atoms with Crippen molar-refractivity contribution >= 4 is 23.3 Å². The number of quaternary nitrogens is 1. The smallest absolute Gasteiger partial charge is 0.270 e. The van der Waals surface area contributed by atoms with E-state index in [0.717, 1.165) is 5.56 Å². The van der Waals surface area contributed by atoms with Crippen molar-refractivity contribution in [1.82, 2.24) is 5.01 Å². The van der Waals surface area contributed by atoms with Crippen LogP contribution in [0, 0.1) is 10.1 Å². The second kappa shape index (κ2) is 8.61. The molecule has 1 heterocycles. The monoisotopic (exact) mass is 396 g/mol. The molecule has 0 aliphatic carbocycles. The maximum absolute atomic E-state index is 12.0. The maximum atomic E-state index is 12.0. The predicted molar refractivity (Wildman–Crippen MR) is 101 cm³/mol. The van der Waals surface area contributed by atoms with E-state index in [1.165, 1.54) is 24.1 Å². The van der Waals surface area contributed by atoms with Crippen LogP contribution in [-0.4, -0.2) is 39.7 Å². The molecule has 29 heavy (non-hydrogen) atoms. The second-order valence-corrected chi connectivity index (χ2v) is 6.80. The number of rotatable bonds is 7. The number of hydrogen-bond acceptors (Lipinski definition) is 6. The topological polar surface area (TPSA) is 133 Å². The molecule has 2 atom stereocenters. The van der Waals surface area contributed by atoms with Crippen molar-refractivity contribution in [3.63, 3.8) is 0 Å². The number of aliphatic carboxylic acids is 1. The summed E-state index contributed by atoms with van der Waals surface area (Å²) in [6.45, 7) is 1.34. The molecule has 1 amide bonds.